The van der Waals surface area contributed by atoms with Crippen molar-refractivity contribution in [2.24, 2.45) is 0 Å². The van der Waals surface area contributed by atoms with Crippen LogP contribution in [0.3, 0.4) is 0 Å². The maximum absolute atomic E-state index is 12.5. The number of benzene rings is 2. The molecule has 0 saturated heterocycles. The van der Waals surface area contributed by atoms with E-state index in [4.69, 9.17) is 35.3 Å². The molecule has 1 atom stereocenters. The molecule has 3 rings (SSSR count). The Labute approximate surface area is 191 Å². The topological polar surface area (TPSA) is 83.5 Å². The van der Waals surface area contributed by atoms with E-state index in [-0.39, 0.29) is 35.2 Å². The van der Waals surface area contributed by atoms with Crippen LogP contribution >= 0.6 is 11.6 Å². The summed E-state index contributed by atoms with van der Waals surface area (Å²) in [4.78, 5) is 26.3. The molecule has 0 fully saturated rings. The summed E-state index contributed by atoms with van der Waals surface area (Å²) in [5.74, 6) is 0.870. The molecule has 0 radical (unpaired) electrons. The molecule has 0 spiro atoms. The molecule has 8 nitrogen and oxygen atoms in total. The van der Waals surface area contributed by atoms with Gasteiger partial charge in [-0.25, -0.2) is 4.79 Å². The summed E-state index contributed by atoms with van der Waals surface area (Å²) in [6.07, 6.45) is -0.453. The number of fused-ring (bicyclic) bond motifs is 1. The van der Waals surface area contributed by atoms with Crippen LogP contribution in [0.15, 0.2) is 36.4 Å². The van der Waals surface area contributed by atoms with Crippen molar-refractivity contribution in [2.75, 3.05) is 33.9 Å². The molecule has 172 valence electrons. The molecule has 32 heavy (non-hydrogen) atoms. The van der Waals surface area contributed by atoms with E-state index in [1.807, 2.05) is 38.1 Å². The third-order valence-electron chi connectivity index (χ3n) is 4.62. The van der Waals surface area contributed by atoms with Crippen LogP contribution in [0.2, 0.25) is 5.02 Å². The maximum atomic E-state index is 12.5. The van der Waals surface area contributed by atoms with Crippen LogP contribution in [-0.2, 0) is 9.53 Å². The van der Waals surface area contributed by atoms with E-state index in [1.54, 1.807) is 7.05 Å². The van der Waals surface area contributed by atoms with Gasteiger partial charge in [0.1, 0.15) is 6.61 Å². The number of likely N-dealkylation sites (N-methyl/N-ethyl adjacent to an activating group) is 1. The molecule has 1 unspecified atom stereocenters. The molecule has 1 amide bonds. The fraction of sp³-hybridized carbons (Fsp3) is 0.391. The molecular weight excluding hydrogens is 438 g/mol. The molecule has 9 heteroatoms. The number of rotatable bonds is 8. The van der Waals surface area contributed by atoms with E-state index in [1.165, 1.54) is 24.1 Å². The number of methoxy groups -OCH3 is 1. The zero-order chi connectivity index (χ0) is 23.3. The molecule has 1 aliphatic heterocycles. The van der Waals surface area contributed by atoms with Gasteiger partial charge in [0.05, 0.1) is 30.3 Å². The van der Waals surface area contributed by atoms with Gasteiger partial charge in [0.2, 0.25) is 0 Å². The van der Waals surface area contributed by atoms with E-state index in [9.17, 15) is 9.59 Å². The van der Waals surface area contributed by atoms with E-state index < -0.39 is 12.6 Å². The molecule has 2 aromatic rings. The molecule has 2 aromatic carbocycles. The van der Waals surface area contributed by atoms with Gasteiger partial charge in [-0.15, -0.1) is 0 Å². The molecule has 0 bridgehead atoms. The fourth-order valence-corrected chi connectivity index (χ4v) is 3.32. The Kier molecular flexibility index (Phi) is 7.69. The van der Waals surface area contributed by atoms with Crippen molar-refractivity contribution in [2.45, 2.75) is 26.1 Å². The Morgan fingerprint density at radius 3 is 2.62 bits per heavy atom. The Hall–Kier alpha value is -3.13. The van der Waals surface area contributed by atoms with Gasteiger partial charge in [0, 0.05) is 7.05 Å². The highest BCUT2D eigenvalue weighted by Crippen LogP contribution is 2.37. The number of carbonyl (C=O) groups excluding carboxylic acids is 2. The lowest BCUT2D eigenvalue weighted by Gasteiger charge is -2.29. The van der Waals surface area contributed by atoms with Gasteiger partial charge >= 0.3 is 5.97 Å². The summed E-state index contributed by atoms with van der Waals surface area (Å²) in [6.45, 7) is 3.87. The number of para-hydroxylation sites is 2. The number of hydrogen-bond donors (Lipinski definition) is 0. The fourth-order valence-electron chi connectivity index (χ4n) is 3.07. The van der Waals surface area contributed by atoms with Crippen LogP contribution < -0.4 is 18.9 Å². The minimum absolute atomic E-state index is 0.126. The van der Waals surface area contributed by atoms with Gasteiger partial charge in [0.25, 0.3) is 5.91 Å². The monoisotopic (exact) mass is 463 g/mol. The highest BCUT2D eigenvalue weighted by atomic mass is 35.5. The summed E-state index contributed by atoms with van der Waals surface area (Å²) < 4.78 is 27.6. The SMILES string of the molecule is COc1cc(C(=O)OCC(=O)N(C)CC2COc3ccccc3O2)cc(Cl)c1OC(C)C. The summed E-state index contributed by atoms with van der Waals surface area (Å²) in [5.41, 5.74) is 0.152. The molecule has 1 aliphatic rings. The number of ether oxygens (including phenoxy) is 5. The minimum Gasteiger partial charge on any atom is -0.493 e. The van der Waals surface area contributed by atoms with Gasteiger partial charge in [-0.1, -0.05) is 23.7 Å². The molecular formula is C23H26ClNO7. The van der Waals surface area contributed by atoms with Crippen molar-refractivity contribution in [1.82, 2.24) is 4.90 Å². The summed E-state index contributed by atoms with van der Waals surface area (Å²) in [7, 11) is 3.06. The van der Waals surface area contributed by atoms with E-state index in [0.29, 0.717) is 29.6 Å². The number of esters is 1. The number of carbonyl (C=O) groups is 2. The number of halogens is 1. The van der Waals surface area contributed by atoms with E-state index in [0.717, 1.165) is 0 Å². The number of hydrogen-bond acceptors (Lipinski definition) is 7. The van der Waals surface area contributed by atoms with E-state index >= 15 is 0 Å². The van der Waals surface area contributed by atoms with Gasteiger partial charge in [-0.2, -0.15) is 0 Å². The highest BCUT2D eigenvalue weighted by molar-refractivity contribution is 6.32. The molecule has 0 aliphatic carbocycles. The second-order valence-electron chi connectivity index (χ2n) is 7.50. The maximum Gasteiger partial charge on any atom is 0.338 e. The summed E-state index contributed by atoms with van der Waals surface area (Å²) >= 11 is 6.25. The Morgan fingerprint density at radius 1 is 1.22 bits per heavy atom. The lowest BCUT2D eigenvalue weighted by Crippen LogP contribution is -2.43. The quantitative estimate of drug-likeness (QED) is 0.553. The second kappa shape index (κ2) is 10.5. The normalized spacial score (nSPS) is 14.6. The minimum atomic E-state index is -0.700. The van der Waals surface area contributed by atoms with Crippen molar-refractivity contribution in [1.29, 1.82) is 0 Å². The van der Waals surface area contributed by atoms with E-state index in [2.05, 4.69) is 0 Å². The first-order valence-corrected chi connectivity index (χ1v) is 10.5. The third kappa shape index (κ3) is 5.76. The van der Waals surface area contributed by atoms with Gasteiger partial charge < -0.3 is 28.6 Å². The van der Waals surface area contributed by atoms with Crippen LogP contribution in [-0.4, -0.2) is 62.9 Å². The Bertz CT molecular complexity index is 979. The Morgan fingerprint density at radius 2 is 1.94 bits per heavy atom. The van der Waals surface area contributed by atoms with Gasteiger partial charge in [0.15, 0.2) is 35.7 Å². The van der Waals surface area contributed by atoms with Crippen molar-refractivity contribution < 1.29 is 33.3 Å². The number of nitrogens with zero attached hydrogens (tertiary/aromatic N) is 1. The number of amides is 1. The molecule has 0 saturated carbocycles. The smallest absolute Gasteiger partial charge is 0.338 e. The first kappa shape index (κ1) is 23.5. The molecule has 1 heterocycles. The summed E-state index contributed by atoms with van der Waals surface area (Å²) in [5, 5.41) is 0.211. The van der Waals surface area contributed by atoms with Gasteiger partial charge in [-0.3, -0.25) is 4.79 Å². The highest BCUT2D eigenvalue weighted by Gasteiger charge is 2.25. The molecule has 0 N–H and O–H groups in total. The predicted molar refractivity (Wildman–Crippen MR) is 118 cm³/mol. The predicted octanol–water partition coefficient (Wildman–Crippen LogP) is 3.59. The van der Waals surface area contributed by atoms with Crippen LogP contribution in [0.1, 0.15) is 24.2 Å². The zero-order valence-corrected chi connectivity index (χ0v) is 19.2. The van der Waals surface area contributed by atoms with Crippen LogP contribution in [0.4, 0.5) is 0 Å². The Balaban J connectivity index is 1.55. The average Bonchev–Trinajstić information content (AvgIpc) is 2.77. The largest absolute Gasteiger partial charge is 0.493 e. The van der Waals surface area contributed by atoms with Crippen LogP contribution in [0, 0.1) is 0 Å². The summed E-state index contributed by atoms with van der Waals surface area (Å²) in [6, 6.07) is 10.2. The van der Waals surface area contributed by atoms with Gasteiger partial charge in [-0.05, 0) is 38.1 Å². The van der Waals surface area contributed by atoms with Crippen molar-refractivity contribution in [3.63, 3.8) is 0 Å². The first-order valence-electron chi connectivity index (χ1n) is 10.1. The standard InChI is InChI=1S/C23H26ClNO7/c1-14(2)31-22-17(24)9-15(10-20(22)28-4)23(27)30-13-21(26)25(3)11-16-12-29-18-7-5-6-8-19(18)32-16/h5-10,14,16H,11-13H2,1-4H3. The third-order valence-corrected chi connectivity index (χ3v) is 4.90. The lowest BCUT2D eigenvalue weighted by molar-refractivity contribution is -0.134. The molecule has 0 aromatic heterocycles. The van der Waals surface area contributed by atoms with Crippen molar-refractivity contribution in [3.8, 4) is 23.0 Å². The zero-order valence-electron chi connectivity index (χ0n) is 18.4. The second-order valence-corrected chi connectivity index (χ2v) is 7.91. The lowest BCUT2D eigenvalue weighted by atomic mass is 10.2. The first-order chi connectivity index (χ1) is 15.3. The van der Waals surface area contributed by atoms with Crippen LogP contribution in [0.5, 0.6) is 23.0 Å². The average molecular weight is 464 g/mol. The van der Waals surface area contributed by atoms with Crippen molar-refractivity contribution in [3.05, 3.63) is 47.0 Å². The van der Waals surface area contributed by atoms with Crippen LogP contribution in [0.25, 0.3) is 0 Å². The van der Waals surface area contributed by atoms with Crippen molar-refractivity contribution >= 4 is 23.5 Å².